The van der Waals surface area contributed by atoms with E-state index in [4.69, 9.17) is 9.47 Å². The predicted octanol–water partition coefficient (Wildman–Crippen LogP) is 4.10. The summed E-state index contributed by atoms with van der Waals surface area (Å²) in [6.45, 7) is 6.79. The normalized spacial score (nSPS) is 42.2. The van der Waals surface area contributed by atoms with Gasteiger partial charge in [0.05, 0.1) is 11.7 Å². The van der Waals surface area contributed by atoms with Crippen LogP contribution in [0, 0.1) is 11.8 Å². The van der Waals surface area contributed by atoms with E-state index in [9.17, 15) is 0 Å². The Bertz CT molecular complexity index is 522. The number of ether oxygens (including phenoxy) is 2. The smallest absolute Gasteiger partial charge is 0.125 e. The van der Waals surface area contributed by atoms with Crippen molar-refractivity contribution >= 4 is 0 Å². The molecule has 3 aliphatic rings. The van der Waals surface area contributed by atoms with E-state index in [0.717, 1.165) is 12.2 Å². The highest BCUT2D eigenvalue weighted by Gasteiger charge is 2.57. The third-order valence-corrected chi connectivity index (χ3v) is 5.66. The van der Waals surface area contributed by atoms with Gasteiger partial charge in [0.25, 0.3) is 0 Å². The van der Waals surface area contributed by atoms with Crippen molar-refractivity contribution in [2.24, 2.45) is 11.8 Å². The summed E-state index contributed by atoms with van der Waals surface area (Å²) in [5.41, 5.74) is 1.21. The molecule has 1 saturated carbocycles. The van der Waals surface area contributed by atoms with E-state index >= 15 is 0 Å². The topological polar surface area (TPSA) is 18.5 Å². The highest BCUT2D eigenvalue weighted by Crippen LogP contribution is 2.59. The van der Waals surface area contributed by atoms with E-state index in [0.29, 0.717) is 11.8 Å². The summed E-state index contributed by atoms with van der Waals surface area (Å²) in [6, 6.07) is 8.41. The van der Waals surface area contributed by atoms with Crippen molar-refractivity contribution in [2.75, 3.05) is 0 Å². The van der Waals surface area contributed by atoms with Gasteiger partial charge < -0.3 is 9.47 Å². The van der Waals surface area contributed by atoms with Gasteiger partial charge in [-0.25, -0.2) is 0 Å². The third kappa shape index (κ3) is 1.53. The Morgan fingerprint density at radius 3 is 2.79 bits per heavy atom. The van der Waals surface area contributed by atoms with Crippen LogP contribution in [0.15, 0.2) is 24.3 Å². The van der Waals surface area contributed by atoms with Crippen LogP contribution in [-0.2, 0) is 4.74 Å². The van der Waals surface area contributed by atoms with E-state index in [-0.39, 0.29) is 17.3 Å². The third-order valence-electron chi connectivity index (χ3n) is 5.66. The molecule has 2 nitrogen and oxygen atoms in total. The van der Waals surface area contributed by atoms with Crippen LogP contribution >= 0.6 is 0 Å². The summed E-state index contributed by atoms with van der Waals surface area (Å²) >= 11 is 0. The second-order valence-corrected chi connectivity index (χ2v) is 7.17. The Morgan fingerprint density at radius 2 is 1.95 bits per heavy atom. The number of hydrogen-bond acceptors (Lipinski definition) is 2. The molecule has 102 valence electrons. The fourth-order valence-corrected chi connectivity index (χ4v) is 4.37. The Labute approximate surface area is 115 Å². The number of rotatable bonds is 0. The van der Waals surface area contributed by atoms with Crippen LogP contribution < -0.4 is 4.74 Å². The minimum atomic E-state index is -0.0357. The molecule has 0 aromatic heterocycles. The van der Waals surface area contributed by atoms with Gasteiger partial charge in [-0.05, 0) is 52.0 Å². The molecule has 2 heterocycles. The molecule has 4 atom stereocenters. The molecular formula is C17H22O2. The molecule has 2 heteroatoms. The van der Waals surface area contributed by atoms with Gasteiger partial charge in [-0.3, -0.25) is 0 Å². The van der Waals surface area contributed by atoms with Crippen molar-refractivity contribution in [2.45, 2.75) is 57.3 Å². The van der Waals surface area contributed by atoms with E-state index in [1.807, 2.05) is 0 Å². The molecule has 2 aliphatic heterocycles. The predicted molar refractivity (Wildman–Crippen MR) is 74.2 cm³/mol. The first-order valence-corrected chi connectivity index (χ1v) is 7.45. The van der Waals surface area contributed by atoms with Gasteiger partial charge in [0.1, 0.15) is 11.4 Å². The van der Waals surface area contributed by atoms with Crippen LogP contribution in [0.3, 0.4) is 0 Å². The van der Waals surface area contributed by atoms with Crippen LogP contribution in [-0.4, -0.2) is 11.2 Å². The van der Waals surface area contributed by atoms with E-state index in [2.05, 4.69) is 45.0 Å². The van der Waals surface area contributed by atoms with Crippen molar-refractivity contribution in [1.82, 2.24) is 0 Å². The maximum Gasteiger partial charge on any atom is 0.125 e. The second kappa shape index (κ2) is 3.54. The van der Waals surface area contributed by atoms with Gasteiger partial charge in [0, 0.05) is 11.5 Å². The molecule has 0 radical (unpaired) electrons. The number of para-hydroxylation sites is 1. The van der Waals surface area contributed by atoms with Crippen LogP contribution in [0.25, 0.3) is 0 Å². The summed E-state index contributed by atoms with van der Waals surface area (Å²) in [4.78, 5) is 0. The Hall–Kier alpha value is -1.02. The largest absolute Gasteiger partial charge is 0.487 e. The second-order valence-electron chi connectivity index (χ2n) is 7.17. The minimum Gasteiger partial charge on any atom is -0.487 e. The van der Waals surface area contributed by atoms with Crippen molar-refractivity contribution in [1.29, 1.82) is 0 Å². The first-order valence-electron chi connectivity index (χ1n) is 7.45. The van der Waals surface area contributed by atoms with Gasteiger partial charge in [-0.1, -0.05) is 18.2 Å². The zero-order chi connectivity index (χ0) is 13.3. The van der Waals surface area contributed by atoms with Crippen molar-refractivity contribution in [3.8, 4) is 5.75 Å². The summed E-state index contributed by atoms with van der Waals surface area (Å²) in [6.07, 6.45) is 3.82. The molecule has 2 fully saturated rings. The molecule has 0 unspecified atom stereocenters. The van der Waals surface area contributed by atoms with Gasteiger partial charge >= 0.3 is 0 Å². The summed E-state index contributed by atoms with van der Waals surface area (Å²) in [5, 5.41) is 0. The SMILES string of the molecule is CC1(C)O[C@@H]2c3ccccc3O[C@@]3(C)CC[C@H]1C[C@@H]23. The van der Waals surface area contributed by atoms with Gasteiger partial charge in [0.2, 0.25) is 0 Å². The quantitative estimate of drug-likeness (QED) is 0.697. The molecule has 19 heavy (non-hydrogen) atoms. The van der Waals surface area contributed by atoms with Crippen LogP contribution in [0.2, 0.25) is 0 Å². The lowest BCUT2D eigenvalue weighted by Gasteiger charge is -2.58. The monoisotopic (exact) mass is 258 g/mol. The molecule has 1 aromatic carbocycles. The highest BCUT2D eigenvalue weighted by atomic mass is 16.5. The fourth-order valence-electron chi connectivity index (χ4n) is 4.37. The lowest BCUT2D eigenvalue weighted by molar-refractivity contribution is -0.237. The number of fused-ring (bicyclic) bond motifs is 3. The van der Waals surface area contributed by atoms with Crippen LogP contribution in [0.5, 0.6) is 5.75 Å². The Balaban J connectivity index is 1.86. The van der Waals surface area contributed by atoms with Crippen molar-refractivity contribution in [3.63, 3.8) is 0 Å². The van der Waals surface area contributed by atoms with Gasteiger partial charge in [0.15, 0.2) is 0 Å². The van der Waals surface area contributed by atoms with Crippen LogP contribution in [0.4, 0.5) is 0 Å². The molecule has 0 N–H and O–H groups in total. The molecule has 1 aromatic rings. The van der Waals surface area contributed by atoms with Gasteiger partial charge in [-0.15, -0.1) is 0 Å². The minimum absolute atomic E-state index is 0.00700. The van der Waals surface area contributed by atoms with Crippen molar-refractivity contribution < 1.29 is 9.47 Å². The first-order chi connectivity index (χ1) is 9.00. The molecule has 0 amide bonds. The maximum atomic E-state index is 6.52. The Kier molecular flexibility index (Phi) is 2.20. The van der Waals surface area contributed by atoms with E-state index < -0.39 is 0 Å². The average molecular weight is 258 g/mol. The number of hydrogen-bond donors (Lipinski definition) is 0. The molecule has 4 rings (SSSR count). The summed E-state index contributed by atoms with van der Waals surface area (Å²) in [5.74, 6) is 2.22. The molecule has 1 aliphatic carbocycles. The summed E-state index contributed by atoms with van der Waals surface area (Å²) < 4.78 is 12.9. The molecule has 2 bridgehead atoms. The Morgan fingerprint density at radius 1 is 1.16 bits per heavy atom. The number of benzene rings is 1. The van der Waals surface area contributed by atoms with E-state index in [1.165, 1.54) is 18.4 Å². The zero-order valence-electron chi connectivity index (χ0n) is 12.0. The van der Waals surface area contributed by atoms with Crippen molar-refractivity contribution in [3.05, 3.63) is 29.8 Å². The molecule has 0 spiro atoms. The zero-order valence-corrected chi connectivity index (χ0v) is 12.0. The van der Waals surface area contributed by atoms with Gasteiger partial charge in [-0.2, -0.15) is 0 Å². The highest BCUT2D eigenvalue weighted by molar-refractivity contribution is 5.40. The van der Waals surface area contributed by atoms with E-state index in [1.54, 1.807) is 0 Å². The lowest BCUT2D eigenvalue weighted by Crippen LogP contribution is -2.58. The molecule has 1 saturated heterocycles. The maximum absolute atomic E-state index is 6.52. The summed E-state index contributed by atoms with van der Waals surface area (Å²) in [7, 11) is 0. The fraction of sp³-hybridized carbons (Fsp3) is 0.647. The average Bonchev–Trinajstić information content (AvgIpc) is 2.36. The standard InChI is InChI=1S/C17H22O2/c1-16(2)11-8-9-17(3)13(10-11)15(19-16)12-6-4-5-7-14(12)18-17/h4-7,11,13,15H,8-10H2,1-3H3/t11-,13-,15+,17-/m0/s1. The lowest BCUT2D eigenvalue weighted by atomic mass is 9.61. The first kappa shape index (κ1) is 11.8. The van der Waals surface area contributed by atoms with Crippen LogP contribution in [0.1, 0.15) is 51.7 Å². The molecular weight excluding hydrogens is 236 g/mol.